The molecule has 2 N–H and O–H groups in total. The van der Waals surface area contributed by atoms with Gasteiger partial charge in [0.25, 0.3) is 5.92 Å². The van der Waals surface area contributed by atoms with Crippen molar-refractivity contribution in [1.82, 2.24) is 0 Å². The highest BCUT2D eigenvalue weighted by Gasteiger charge is 2.42. The first kappa shape index (κ1) is 15.9. The lowest BCUT2D eigenvalue weighted by molar-refractivity contribution is 0.0450. The number of rotatable bonds is 5. The topological polar surface area (TPSA) is 53.9 Å². The van der Waals surface area contributed by atoms with E-state index in [2.05, 4.69) is 10.3 Å². The number of anilines is 1. The molecule has 0 saturated heterocycles. The van der Waals surface area contributed by atoms with Gasteiger partial charge in [-0.05, 0) is 31.1 Å². The minimum absolute atomic E-state index is 0.154. The lowest BCUT2D eigenvalue weighted by atomic mass is 10.1. The summed E-state index contributed by atoms with van der Waals surface area (Å²) < 4.78 is 34.2. The van der Waals surface area contributed by atoms with E-state index in [1.165, 1.54) is 6.08 Å². The SMILES string of the molecule is OC1=Nc2ccccc2NC1C(F)(F)/C=C/COC1CCCC1. The molecule has 0 spiro atoms. The number of nitrogens with one attached hydrogen (secondary N) is 1. The standard InChI is InChI=1S/C17H20F2N2O2/c18-17(19,10-5-11-23-12-6-1-2-7-12)15-16(22)21-14-9-4-3-8-13(14)20-15/h3-5,8-10,12,15,20H,1-2,6-7,11H2,(H,21,22)/b10-5+. The van der Waals surface area contributed by atoms with Crippen LogP contribution in [0.2, 0.25) is 0 Å². The molecule has 0 bridgehead atoms. The number of hydrogen-bond donors (Lipinski definition) is 2. The second-order valence-electron chi connectivity index (χ2n) is 5.88. The van der Waals surface area contributed by atoms with Gasteiger partial charge in [-0.25, -0.2) is 4.99 Å². The molecule has 124 valence electrons. The fourth-order valence-electron chi connectivity index (χ4n) is 2.92. The van der Waals surface area contributed by atoms with Gasteiger partial charge in [0, 0.05) is 0 Å². The van der Waals surface area contributed by atoms with Gasteiger partial charge in [0.05, 0.1) is 24.1 Å². The van der Waals surface area contributed by atoms with Crippen LogP contribution in [0.5, 0.6) is 0 Å². The average Bonchev–Trinajstić information content (AvgIpc) is 3.04. The molecule has 1 fully saturated rings. The van der Waals surface area contributed by atoms with Crippen molar-refractivity contribution in [3.63, 3.8) is 0 Å². The molecule has 1 unspecified atom stereocenters. The Morgan fingerprint density at radius 2 is 2.04 bits per heavy atom. The van der Waals surface area contributed by atoms with Crippen LogP contribution in [-0.2, 0) is 4.74 Å². The summed E-state index contributed by atoms with van der Waals surface area (Å²) in [6.07, 6.45) is 6.55. The molecule has 1 aliphatic carbocycles. The van der Waals surface area contributed by atoms with Gasteiger partial charge < -0.3 is 15.2 Å². The van der Waals surface area contributed by atoms with Crippen LogP contribution in [-0.4, -0.2) is 35.7 Å². The van der Waals surface area contributed by atoms with Crippen molar-refractivity contribution in [3.8, 4) is 0 Å². The molecule has 1 aromatic carbocycles. The molecule has 1 aliphatic heterocycles. The van der Waals surface area contributed by atoms with Crippen LogP contribution in [0.4, 0.5) is 20.2 Å². The highest BCUT2D eigenvalue weighted by molar-refractivity contribution is 5.92. The van der Waals surface area contributed by atoms with E-state index >= 15 is 0 Å². The molecule has 1 heterocycles. The van der Waals surface area contributed by atoms with E-state index in [9.17, 15) is 13.9 Å². The quantitative estimate of drug-likeness (QED) is 0.798. The first-order valence-electron chi connectivity index (χ1n) is 7.86. The maximum atomic E-state index is 14.3. The van der Waals surface area contributed by atoms with E-state index in [0.717, 1.165) is 31.8 Å². The minimum Gasteiger partial charge on any atom is -0.495 e. The number of halogens is 2. The third-order valence-corrected chi connectivity index (χ3v) is 4.15. The first-order valence-corrected chi connectivity index (χ1v) is 7.86. The molecule has 0 aromatic heterocycles. The predicted molar refractivity (Wildman–Crippen MR) is 85.9 cm³/mol. The molecule has 1 aromatic rings. The molecular weight excluding hydrogens is 302 g/mol. The number of ether oxygens (including phenoxy) is 1. The van der Waals surface area contributed by atoms with Crippen LogP contribution in [0.25, 0.3) is 0 Å². The van der Waals surface area contributed by atoms with Gasteiger partial charge in [0.1, 0.15) is 0 Å². The summed E-state index contributed by atoms with van der Waals surface area (Å²) in [4.78, 5) is 3.85. The summed E-state index contributed by atoms with van der Waals surface area (Å²) in [5, 5.41) is 12.5. The fourth-order valence-corrected chi connectivity index (χ4v) is 2.92. The fraction of sp³-hybridized carbons (Fsp3) is 0.471. The van der Waals surface area contributed by atoms with Crippen LogP contribution in [0, 0.1) is 0 Å². The van der Waals surface area contributed by atoms with E-state index in [-0.39, 0.29) is 12.7 Å². The summed E-state index contributed by atoms with van der Waals surface area (Å²) in [5.41, 5.74) is 0.927. The smallest absolute Gasteiger partial charge is 0.295 e. The number of fused-ring (bicyclic) bond motifs is 1. The predicted octanol–water partition coefficient (Wildman–Crippen LogP) is 4.22. The monoisotopic (exact) mass is 322 g/mol. The Kier molecular flexibility index (Phi) is 4.61. The Labute approximate surface area is 133 Å². The van der Waals surface area contributed by atoms with Gasteiger partial charge >= 0.3 is 0 Å². The maximum absolute atomic E-state index is 14.3. The van der Waals surface area contributed by atoms with E-state index in [1.54, 1.807) is 24.3 Å². The minimum atomic E-state index is -3.26. The van der Waals surface area contributed by atoms with Crippen molar-refractivity contribution in [2.75, 3.05) is 11.9 Å². The van der Waals surface area contributed by atoms with E-state index < -0.39 is 17.9 Å². The van der Waals surface area contributed by atoms with Gasteiger partial charge in [0.15, 0.2) is 6.04 Å². The summed E-state index contributed by atoms with van der Waals surface area (Å²) >= 11 is 0. The highest BCUT2D eigenvalue weighted by atomic mass is 19.3. The van der Waals surface area contributed by atoms with Crippen LogP contribution in [0.15, 0.2) is 41.4 Å². The van der Waals surface area contributed by atoms with Gasteiger partial charge in [-0.15, -0.1) is 0 Å². The van der Waals surface area contributed by atoms with Gasteiger partial charge in [-0.2, -0.15) is 8.78 Å². The normalized spacial score (nSPS) is 22.0. The number of benzene rings is 1. The first-order chi connectivity index (χ1) is 11.1. The number of aliphatic imine (C=N–C) groups is 1. The van der Waals surface area contributed by atoms with E-state index in [0.29, 0.717) is 11.4 Å². The summed E-state index contributed by atoms with van der Waals surface area (Å²) in [6.45, 7) is 0.154. The molecular formula is C17H20F2N2O2. The third kappa shape index (κ3) is 3.69. The zero-order chi connectivity index (χ0) is 16.3. The number of aliphatic hydroxyl groups is 1. The highest BCUT2D eigenvalue weighted by Crippen LogP contribution is 2.34. The molecule has 1 atom stereocenters. The Morgan fingerprint density at radius 1 is 1.30 bits per heavy atom. The van der Waals surface area contributed by atoms with Crippen molar-refractivity contribution in [2.24, 2.45) is 4.99 Å². The Balaban J connectivity index is 1.63. The van der Waals surface area contributed by atoms with Crippen molar-refractivity contribution in [3.05, 3.63) is 36.4 Å². The Morgan fingerprint density at radius 3 is 2.83 bits per heavy atom. The molecule has 6 heteroatoms. The molecule has 3 rings (SSSR count). The zero-order valence-corrected chi connectivity index (χ0v) is 12.7. The zero-order valence-electron chi connectivity index (χ0n) is 12.7. The second kappa shape index (κ2) is 6.66. The molecule has 0 radical (unpaired) electrons. The van der Waals surface area contributed by atoms with Crippen molar-refractivity contribution < 1.29 is 18.6 Å². The van der Waals surface area contributed by atoms with Crippen LogP contribution in [0.1, 0.15) is 25.7 Å². The maximum Gasteiger partial charge on any atom is 0.295 e. The van der Waals surface area contributed by atoms with Crippen molar-refractivity contribution >= 4 is 17.3 Å². The molecule has 23 heavy (non-hydrogen) atoms. The largest absolute Gasteiger partial charge is 0.495 e. The average molecular weight is 322 g/mol. The molecule has 2 aliphatic rings. The van der Waals surface area contributed by atoms with Gasteiger partial charge in [0.2, 0.25) is 5.90 Å². The summed E-state index contributed by atoms with van der Waals surface area (Å²) in [7, 11) is 0. The summed E-state index contributed by atoms with van der Waals surface area (Å²) in [5.74, 6) is -3.88. The Hall–Kier alpha value is -1.95. The van der Waals surface area contributed by atoms with Crippen LogP contribution >= 0.6 is 0 Å². The lowest BCUT2D eigenvalue weighted by Crippen LogP contribution is -2.46. The Bertz CT molecular complexity index is 610. The number of nitrogens with zero attached hydrogens (tertiary/aromatic N) is 1. The van der Waals surface area contributed by atoms with Crippen molar-refractivity contribution in [2.45, 2.75) is 43.8 Å². The van der Waals surface area contributed by atoms with E-state index in [1.807, 2.05) is 0 Å². The van der Waals surface area contributed by atoms with Gasteiger partial charge in [-0.3, -0.25) is 0 Å². The summed E-state index contributed by atoms with van der Waals surface area (Å²) in [6, 6.07) is 5.19. The number of aliphatic hydroxyl groups excluding tert-OH is 1. The van der Waals surface area contributed by atoms with Crippen LogP contribution < -0.4 is 5.32 Å². The number of hydrogen-bond acceptors (Lipinski definition) is 3. The number of para-hydroxylation sites is 2. The third-order valence-electron chi connectivity index (χ3n) is 4.15. The molecule has 0 amide bonds. The van der Waals surface area contributed by atoms with Crippen molar-refractivity contribution in [1.29, 1.82) is 0 Å². The van der Waals surface area contributed by atoms with E-state index in [4.69, 9.17) is 4.74 Å². The number of alkyl halides is 2. The molecule has 4 nitrogen and oxygen atoms in total. The lowest BCUT2D eigenvalue weighted by Gasteiger charge is -2.28. The molecule has 1 saturated carbocycles. The second-order valence-corrected chi connectivity index (χ2v) is 5.88. The van der Waals surface area contributed by atoms with Gasteiger partial charge in [-0.1, -0.05) is 31.1 Å². The van der Waals surface area contributed by atoms with Crippen LogP contribution in [0.3, 0.4) is 0 Å².